The van der Waals surface area contributed by atoms with Gasteiger partial charge in [0.05, 0.1) is 12.6 Å². The lowest BCUT2D eigenvalue weighted by atomic mass is 9.50. The van der Waals surface area contributed by atoms with Gasteiger partial charge in [0.15, 0.2) is 0 Å². The molecule has 1 spiro atoms. The van der Waals surface area contributed by atoms with Crippen molar-refractivity contribution in [3.63, 3.8) is 0 Å². The molecule has 126 valence electrons. The van der Waals surface area contributed by atoms with Crippen molar-refractivity contribution in [1.29, 1.82) is 0 Å². The van der Waals surface area contributed by atoms with Crippen molar-refractivity contribution in [1.82, 2.24) is 10.2 Å². The van der Waals surface area contributed by atoms with Gasteiger partial charge in [-0.25, -0.2) is 0 Å². The fourth-order valence-corrected chi connectivity index (χ4v) is 4.65. The summed E-state index contributed by atoms with van der Waals surface area (Å²) in [6, 6.07) is 1.63. The molecule has 0 radical (unpaired) electrons. The third-order valence-electron chi connectivity index (χ3n) is 6.25. The van der Waals surface area contributed by atoms with Crippen LogP contribution in [0.1, 0.15) is 52.4 Å². The zero-order valence-corrected chi connectivity index (χ0v) is 13.9. The SMILES string of the molecule is CCOC1CC(NC2CC(N(CC)CC(=O)O)C2)C12CCC2. The second kappa shape index (κ2) is 6.46. The Balaban J connectivity index is 1.44. The summed E-state index contributed by atoms with van der Waals surface area (Å²) in [5, 5.41) is 12.8. The first-order valence-corrected chi connectivity index (χ1v) is 8.92. The molecule has 0 aromatic carbocycles. The van der Waals surface area contributed by atoms with Gasteiger partial charge < -0.3 is 15.2 Å². The van der Waals surface area contributed by atoms with Crippen LogP contribution in [0.3, 0.4) is 0 Å². The predicted octanol–water partition coefficient (Wildman–Crippen LogP) is 1.86. The Labute approximate surface area is 133 Å². The number of nitrogens with one attached hydrogen (secondary N) is 1. The third kappa shape index (κ3) is 2.79. The summed E-state index contributed by atoms with van der Waals surface area (Å²) in [7, 11) is 0. The minimum absolute atomic E-state index is 0.174. The molecule has 2 atom stereocenters. The molecule has 0 bridgehead atoms. The van der Waals surface area contributed by atoms with Crippen molar-refractivity contribution >= 4 is 5.97 Å². The normalized spacial score (nSPS) is 35.8. The van der Waals surface area contributed by atoms with Gasteiger partial charge in [0, 0.05) is 30.1 Å². The van der Waals surface area contributed by atoms with Crippen LogP contribution in [0.15, 0.2) is 0 Å². The summed E-state index contributed by atoms with van der Waals surface area (Å²) in [6.07, 6.45) is 7.77. The summed E-state index contributed by atoms with van der Waals surface area (Å²) >= 11 is 0. The number of carboxylic acids is 1. The van der Waals surface area contributed by atoms with E-state index in [1.807, 2.05) is 6.92 Å². The van der Waals surface area contributed by atoms with Crippen molar-refractivity contribution < 1.29 is 14.6 Å². The predicted molar refractivity (Wildman–Crippen MR) is 84.9 cm³/mol. The highest BCUT2D eigenvalue weighted by molar-refractivity contribution is 5.69. The highest BCUT2D eigenvalue weighted by atomic mass is 16.5. The van der Waals surface area contributed by atoms with Gasteiger partial charge >= 0.3 is 5.97 Å². The Kier molecular flexibility index (Phi) is 4.76. The average molecular weight is 310 g/mol. The second-order valence-electron chi connectivity index (χ2n) is 7.26. The smallest absolute Gasteiger partial charge is 0.317 e. The first-order valence-electron chi connectivity index (χ1n) is 8.92. The van der Waals surface area contributed by atoms with Gasteiger partial charge in [0.1, 0.15) is 0 Å². The third-order valence-corrected chi connectivity index (χ3v) is 6.25. The fraction of sp³-hybridized carbons (Fsp3) is 0.941. The summed E-state index contributed by atoms with van der Waals surface area (Å²) in [4.78, 5) is 13.0. The van der Waals surface area contributed by atoms with Gasteiger partial charge in [-0.15, -0.1) is 0 Å². The Morgan fingerprint density at radius 1 is 1.32 bits per heavy atom. The summed E-state index contributed by atoms with van der Waals surface area (Å²) in [5.41, 5.74) is 0.423. The van der Waals surface area contributed by atoms with Gasteiger partial charge in [-0.2, -0.15) is 0 Å². The summed E-state index contributed by atoms with van der Waals surface area (Å²) < 4.78 is 5.91. The molecule has 3 saturated carbocycles. The van der Waals surface area contributed by atoms with Crippen molar-refractivity contribution in [2.24, 2.45) is 5.41 Å². The minimum atomic E-state index is -0.717. The van der Waals surface area contributed by atoms with E-state index < -0.39 is 5.97 Å². The lowest BCUT2D eigenvalue weighted by Gasteiger charge is -2.62. The van der Waals surface area contributed by atoms with E-state index in [0.717, 1.165) is 32.4 Å². The number of ether oxygens (including phenoxy) is 1. The molecular weight excluding hydrogens is 280 g/mol. The van der Waals surface area contributed by atoms with Crippen LogP contribution >= 0.6 is 0 Å². The van der Waals surface area contributed by atoms with Crippen LogP contribution in [0, 0.1) is 5.41 Å². The number of aliphatic carboxylic acids is 1. The number of likely N-dealkylation sites (N-methyl/N-ethyl adjacent to an activating group) is 1. The maximum atomic E-state index is 10.9. The number of nitrogens with zero attached hydrogens (tertiary/aromatic N) is 1. The fourth-order valence-electron chi connectivity index (χ4n) is 4.65. The molecule has 2 unspecified atom stereocenters. The largest absolute Gasteiger partial charge is 0.480 e. The Morgan fingerprint density at radius 2 is 2.05 bits per heavy atom. The Hall–Kier alpha value is -0.650. The number of hydrogen-bond donors (Lipinski definition) is 2. The molecular formula is C17H30N2O3. The van der Waals surface area contributed by atoms with Crippen molar-refractivity contribution in [3.05, 3.63) is 0 Å². The zero-order valence-electron chi connectivity index (χ0n) is 13.9. The van der Waals surface area contributed by atoms with Gasteiger partial charge in [0.2, 0.25) is 0 Å². The highest BCUT2D eigenvalue weighted by Crippen LogP contribution is 2.57. The molecule has 22 heavy (non-hydrogen) atoms. The van der Waals surface area contributed by atoms with E-state index in [0.29, 0.717) is 29.6 Å². The molecule has 3 aliphatic rings. The molecule has 0 aromatic rings. The van der Waals surface area contributed by atoms with Crippen molar-refractivity contribution in [2.75, 3.05) is 19.7 Å². The van der Waals surface area contributed by atoms with E-state index in [1.54, 1.807) is 0 Å². The van der Waals surface area contributed by atoms with Gasteiger partial charge in [-0.05, 0) is 45.6 Å². The molecule has 3 rings (SSSR count). The molecule has 3 aliphatic carbocycles. The average Bonchev–Trinajstić information content (AvgIpc) is 2.35. The topological polar surface area (TPSA) is 61.8 Å². The van der Waals surface area contributed by atoms with E-state index in [4.69, 9.17) is 9.84 Å². The summed E-state index contributed by atoms with van der Waals surface area (Å²) in [5.74, 6) is -0.717. The lowest BCUT2D eigenvalue weighted by Crippen LogP contribution is -2.70. The van der Waals surface area contributed by atoms with Crippen LogP contribution in [0.2, 0.25) is 0 Å². The molecule has 0 aliphatic heterocycles. The van der Waals surface area contributed by atoms with E-state index in [9.17, 15) is 4.79 Å². The molecule has 5 heteroatoms. The van der Waals surface area contributed by atoms with Crippen LogP contribution in [-0.4, -0.2) is 59.9 Å². The molecule has 0 amide bonds. The molecule has 2 N–H and O–H groups in total. The van der Waals surface area contributed by atoms with Crippen LogP contribution in [0.4, 0.5) is 0 Å². The molecule has 0 aromatic heterocycles. The van der Waals surface area contributed by atoms with Crippen LogP contribution in [0.5, 0.6) is 0 Å². The van der Waals surface area contributed by atoms with E-state index in [1.165, 1.54) is 19.3 Å². The first kappa shape index (κ1) is 16.2. The molecule has 0 saturated heterocycles. The van der Waals surface area contributed by atoms with Crippen LogP contribution < -0.4 is 5.32 Å². The quantitative estimate of drug-likeness (QED) is 0.716. The molecule has 5 nitrogen and oxygen atoms in total. The maximum Gasteiger partial charge on any atom is 0.317 e. The minimum Gasteiger partial charge on any atom is -0.480 e. The van der Waals surface area contributed by atoms with Crippen LogP contribution in [0.25, 0.3) is 0 Å². The molecule has 3 fully saturated rings. The van der Waals surface area contributed by atoms with Crippen LogP contribution in [-0.2, 0) is 9.53 Å². The summed E-state index contributed by atoms with van der Waals surface area (Å²) in [6.45, 7) is 5.96. The lowest BCUT2D eigenvalue weighted by molar-refractivity contribution is -0.177. The highest BCUT2D eigenvalue weighted by Gasteiger charge is 2.59. The van der Waals surface area contributed by atoms with Gasteiger partial charge in [-0.1, -0.05) is 13.3 Å². The van der Waals surface area contributed by atoms with Crippen molar-refractivity contribution in [2.45, 2.75) is 76.6 Å². The maximum absolute atomic E-state index is 10.9. The second-order valence-corrected chi connectivity index (χ2v) is 7.26. The number of rotatable bonds is 8. The van der Waals surface area contributed by atoms with Crippen molar-refractivity contribution in [3.8, 4) is 0 Å². The number of carbonyl (C=O) groups is 1. The van der Waals surface area contributed by atoms with Gasteiger partial charge in [-0.3, -0.25) is 9.69 Å². The standard InChI is InChI=1S/C17H30N2O3/c1-3-19(11-16(20)21)13-8-12(9-13)18-14-10-15(22-4-2)17(14)6-5-7-17/h12-15,18H,3-11H2,1-2H3,(H,20,21). The number of carboxylic acid groups (broad SMARTS) is 1. The Morgan fingerprint density at radius 3 is 2.55 bits per heavy atom. The molecule has 0 heterocycles. The van der Waals surface area contributed by atoms with E-state index >= 15 is 0 Å². The number of hydrogen-bond acceptors (Lipinski definition) is 4. The monoisotopic (exact) mass is 310 g/mol. The zero-order chi connectivity index (χ0) is 15.7. The Bertz CT molecular complexity index is 405. The van der Waals surface area contributed by atoms with E-state index in [-0.39, 0.29) is 6.54 Å². The van der Waals surface area contributed by atoms with E-state index in [2.05, 4.69) is 17.1 Å². The van der Waals surface area contributed by atoms with Gasteiger partial charge in [0.25, 0.3) is 0 Å². The first-order chi connectivity index (χ1) is 10.6.